The lowest BCUT2D eigenvalue weighted by molar-refractivity contribution is 0.406. The number of rotatable bonds is 6. The average Bonchev–Trinajstić information content (AvgIpc) is 2.97. The number of nitrogens with one attached hydrogen (secondary N) is 1. The van der Waals surface area contributed by atoms with Crippen molar-refractivity contribution in [2.75, 3.05) is 27.7 Å². The first-order valence-corrected chi connectivity index (χ1v) is 8.74. The quantitative estimate of drug-likeness (QED) is 0.607. The topological polar surface area (TPSA) is 57.1 Å². The molecular weight excluding hydrogens is 346 g/mol. The van der Waals surface area contributed by atoms with Gasteiger partial charge in [-0.15, -0.1) is 11.3 Å². The third-order valence-corrected chi connectivity index (χ3v) is 4.78. The van der Waals surface area contributed by atoms with Crippen LogP contribution in [-0.4, -0.2) is 43.7 Å². The minimum Gasteiger partial charge on any atom is -0.508 e. The lowest BCUT2D eigenvalue weighted by Crippen LogP contribution is -2.39. The molecule has 0 amide bonds. The summed E-state index contributed by atoms with van der Waals surface area (Å²) in [5, 5.41) is 13.3. The van der Waals surface area contributed by atoms with Crippen LogP contribution in [0.3, 0.4) is 0 Å². The molecule has 2 rings (SSSR count). The number of guanidine groups is 1. The fourth-order valence-electron chi connectivity index (χ4n) is 2.32. The molecule has 0 unspecified atom stereocenters. The molecule has 0 radical (unpaired) electrons. The van der Waals surface area contributed by atoms with E-state index in [1.54, 1.807) is 31.6 Å². The number of phenols is 1. The highest BCUT2D eigenvalue weighted by molar-refractivity contribution is 7.16. The van der Waals surface area contributed by atoms with Crippen molar-refractivity contribution in [2.45, 2.75) is 13.0 Å². The van der Waals surface area contributed by atoms with E-state index < -0.39 is 0 Å². The van der Waals surface area contributed by atoms with Crippen LogP contribution in [0.25, 0.3) is 0 Å². The van der Waals surface area contributed by atoms with E-state index in [0.717, 1.165) is 22.4 Å². The Bertz CT molecular complexity index is 703. The van der Waals surface area contributed by atoms with Gasteiger partial charge < -0.3 is 20.1 Å². The number of phenolic OH excluding ortho intramolecular Hbond substituents is 1. The Morgan fingerprint density at radius 3 is 2.75 bits per heavy atom. The second-order valence-electron chi connectivity index (χ2n) is 5.28. The Morgan fingerprint density at radius 1 is 1.38 bits per heavy atom. The van der Waals surface area contributed by atoms with Crippen molar-refractivity contribution in [3.05, 3.63) is 45.1 Å². The smallest absolute Gasteiger partial charge is 0.193 e. The number of hydrogen-bond donors (Lipinski definition) is 2. The number of ether oxygens (including phenoxy) is 1. The monoisotopic (exact) mass is 367 g/mol. The van der Waals surface area contributed by atoms with Gasteiger partial charge in [0.25, 0.3) is 0 Å². The van der Waals surface area contributed by atoms with Crippen LogP contribution in [0.5, 0.6) is 11.5 Å². The molecule has 5 nitrogen and oxygen atoms in total. The number of halogens is 1. The molecule has 1 aromatic carbocycles. The summed E-state index contributed by atoms with van der Waals surface area (Å²) in [7, 11) is 5.31. The van der Waals surface area contributed by atoms with Gasteiger partial charge in [0.05, 0.1) is 18.0 Å². The normalized spacial score (nSPS) is 11.4. The Kier molecular flexibility index (Phi) is 6.75. The zero-order valence-corrected chi connectivity index (χ0v) is 15.6. The highest BCUT2D eigenvalue weighted by Crippen LogP contribution is 2.24. The summed E-state index contributed by atoms with van der Waals surface area (Å²) in [6, 6.07) is 9.26. The van der Waals surface area contributed by atoms with Gasteiger partial charge in [-0.2, -0.15) is 0 Å². The molecule has 0 atom stereocenters. The SMILES string of the molecule is CN=C(NCCc1ccc(OC)cc1O)N(C)Cc1ccc(Cl)s1. The van der Waals surface area contributed by atoms with Crippen molar-refractivity contribution in [1.82, 2.24) is 10.2 Å². The second-order valence-corrected chi connectivity index (χ2v) is 7.08. The first-order chi connectivity index (χ1) is 11.5. The predicted molar refractivity (Wildman–Crippen MR) is 101 cm³/mol. The lowest BCUT2D eigenvalue weighted by Gasteiger charge is -2.21. The Morgan fingerprint density at radius 2 is 2.17 bits per heavy atom. The van der Waals surface area contributed by atoms with Crippen LogP contribution >= 0.6 is 22.9 Å². The van der Waals surface area contributed by atoms with E-state index in [0.29, 0.717) is 18.7 Å². The molecule has 130 valence electrons. The van der Waals surface area contributed by atoms with E-state index in [1.807, 2.05) is 36.2 Å². The van der Waals surface area contributed by atoms with Crippen LogP contribution in [0.15, 0.2) is 35.3 Å². The molecule has 0 saturated heterocycles. The van der Waals surface area contributed by atoms with Gasteiger partial charge in [0.2, 0.25) is 0 Å². The fraction of sp³-hybridized carbons (Fsp3) is 0.353. The third-order valence-electron chi connectivity index (χ3n) is 3.57. The molecule has 2 aromatic rings. The van der Waals surface area contributed by atoms with Crippen molar-refractivity contribution in [2.24, 2.45) is 4.99 Å². The summed E-state index contributed by atoms with van der Waals surface area (Å²) in [5.41, 5.74) is 0.867. The largest absolute Gasteiger partial charge is 0.508 e. The average molecular weight is 368 g/mol. The fourth-order valence-corrected chi connectivity index (χ4v) is 3.46. The van der Waals surface area contributed by atoms with E-state index in [2.05, 4.69) is 10.3 Å². The molecule has 24 heavy (non-hydrogen) atoms. The number of hydrogen-bond acceptors (Lipinski definition) is 4. The van der Waals surface area contributed by atoms with E-state index >= 15 is 0 Å². The standard InChI is InChI=1S/C17H22ClN3O2S/c1-19-17(21(2)11-14-6-7-16(18)24-14)20-9-8-12-4-5-13(23-3)10-15(12)22/h4-7,10,22H,8-9,11H2,1-3H3,(H,19,20). The number of nitrogens with zero attached hydrogens (tertiary/aromatic N) is 2. The van der Waals surface area contributed by atoms with Gasteiger partial charge in [-0.3, -0.25) is 4.99 Å². The zero-order valence-electron chi connectivity index (χ0n) is 14.0. The molecule has 0 bridgehead atoms. The molecule has 1 aromatic heterocycles. The van der Waals surface area contributed by atoms with Crippen LogP contribution < -0.4 is 10.1 Å². The van der Waals surface area contributed by atoms with Crippen molar-refractivity contribution in [3.63, 3.8) is 0 Å². The molecule has 7 heteroatoms. The predicted octanol–water partition coefficient (Wildman–Crippen LogP) is 3.37. The maximum Gasteiger partial charge on any atom is 0.193 e. The van der Waals surface area contributed by atoms with Crippen LogP contribution in [0.1, 0.15) is 10.4 Å². The summed E-state index contributed by atoms with van der Waals surface area (Å²) in [6.45, 7) is 1.41. The minimum atomic E-state index is 0.243. The van der Waals surface area contributed by atoms with E-state index in [-0.39, 0.29) is 5.75 Å². The van der Waals surface area contributed by atoms with E-state index in [4.69, 9.17) is 16.3 Å². The zero-order chi connectivity index (χ0) is 17.5. The van der Waals surface area contributed by atoms with Crippen molar-refractivity contribution < 1.29 is 9.84 Å². The molecule has 2 N–H and O–H groups in total. The molecule has 0 spiro atoms. The first-order valence-electron chi connectivity index (χ1n) is 7.55. The van der Waals surface area contributed by atoms with Crippen LogP contribution in [0.4, 0.5) is 0 Å². The maximum atomic E-state index is 9.99. The molecule has 0 fully saturated rings. The van der Waals surface area contributed by atoms with Gasteiger partial charge in [-0.25, -0.2) is 0 Å². The van der Waals surface area contributed by atoms with Crippen molar-refractivity contribution in [3.8, 4) is 11.5 Å². The van der Waals surface area contributed by atoms with Crippen LogP contribution in [-0.2, 0) is 13.0 Å². The van der Waals surface area contributed by atoms with E-state index in [9.17, 15) is 5.11 Å². The van der Waals surface area contributed by atoms with Gasteiger partial charge in [-0.05, 0) is 30.2 Å². The summed E-state index contributed by atoms with van der Waals surface area (Å²) in [4.78, 5) is 7.51. The minimum absolute atomic E-state index is 0.243. The number of benzene rings is 1. The number of aromatic hydroxyl groups is 1. The van der Waals surface area contributed by atoms with Crippen LogP contribution in [0.2, 0.25) is 4.34 Å². The molecule has 0 aliphatic rings. The van der Waals surface area contributed by atoms with Gasteiger partial charge in [0, 0.05) is 31.6 Å². The lowest BCUT2D eigenvalue weighted by atomic mass is 10.1. The Hall–Kier alpha value is -1.92. The Labute approximate surface area is 151 Å². The number of methoxy groups -OCH3 is 1. The summed E-state index contributed by atoms with van der Waals surface area (Å²) < 4.78 is 5.88. The maximum absolute atomic E-state index is 9.99. The molecule has 0 aliphatic carbocycles. The molecule has 0 saturated carbocycles. The molecular formula is C17H22ClN3O2S. The van der Waals surface area contributed by atoms with Gasteiger partial charge >= 0.3 is 0 Å². The van der Waals surface area contributed by atoms with Gasteiger partial charge in [0.15, 0.2) is 5.96 Å². The summed E-state index contributed by atoms with van der Waals surface area (Å²) in [5.74, 6) is 1.69. The highest BCUT2D eigenvalue weighted by atomic mass is 35.5. The number of thiophene rings is 1. The van der Waals surface area contributed by atoms with Gasteiger partial charge in [-0.1, -0.05) is 17.7 Å². The summed E-state index contributed by atoms with van der Waals surface area (Å²) in [6.07, 6.45) is 0.688. The van der Waals surface area contributed by atoms with Crippen LogP contribution in [0, 0.1) is 0 Å². The first kappa shape index (κ1) is 18.4. The molecule has 1 heterocycles. The van der Waals surface area contributed by atoms with Gasteiger partial charge in [0.1, 0.15) is 11.5 Å². The summed E-state index contributed by atoms with van der Waals surface area (Å²) >= 11 is 7.53. The third kappa shape index (κ3) is 5.04. The van der Waals surface area contributed by atoms with E-state index in [1.165, 1.54) is 4.88 Å². The Balaban J connectivity index is 1.87. The number of aliphatic imine (C=N–C) groups is 1. The second kappa shape index (κ2) is 8.80. The highest BCUT2D eigenvalue weighted by Gasteiger charge is 2.09. The molecule has 0 aliphatic heterocycles. The van der Waals surface area contributed by atoms with Crippen molar-refractivity contribution >= 4 is 28.9 Å². The van der Waals surface area contributed by atoms with Crippen molar-refractivity contribution in [1.29, 1.82) is 0 Å².